The van der Waals surface area contributed by atoms with E-state index in [1.165, 1.54) is 6.20 Å². The molecule has 0 aliphatic carbocycles. The minimum Gasteiger partial charge on any atom is -0.361 e. The first-order valence-corrected chi connectivity index (χ1v) is 8.34. The molecule has 2 amide bonds. The quantitative estimate of drug-likeness (QED) is 0.839. The topological polar surface area (TPSA) is 97.1 Å². The maximum Gasteiger partial charge on any atom is 0.251 e. The van der Waals surface area contributed by atoms with Crippen LogP contribution in [0.2, 0.25) is 0 Å². The molecule has 25 heavy (non-hydrogen) atoms. The number of hydrogen-bond acceptors (Lipinski definition) is 5. The van der Waals surface area contributed by atoms with Crippen molar-refractivity contribution in [3.63, 3.8) is 0 Å². The molecule has 7 heteroatoms. The van der Waals surface area contributed by atoms with Crippen molar-refractivity contribution in [1.29, 1.82) is 0 Å². The average Bonchev–Trinajstić information content (AvgIpc) is 2.91. The maximum atomic E-state index is 12.6. The second kappa shape index (κ2) is 7.92. The van der Waals surface area contributed by atoms with Crippen molar-refractivity contribution in [3.8, 4) is 0 Å². The number of nitrogens with zero attached hydrogens (tertiary/aromatic N) is 2. The van der Waals surface area contributed by atoms with Gasteiger partial charge in [0.25, 0.3) is 5.91 Å². The van der Waals surface area contributed by atoms with E-state index in [1.54, 1.807) is 26.0 Å². The number of anilines is 1. The molecule has 0 aliphatic rings. The maximum absolute atomic E-state index is 12.6. The minimum atomic E-state index is -0.241. The van der Waals surface area contributed by atoms with Crippen LogP contribution in [-0.4, -0.2) is 22.0 Å². The number of carbonyl (C=O) groups is 2. The van der Waals surface area contributed by atoms with Gasteiger partial charge < -0.3 is 15.2 Å². The molecule has 134 valence electrons. The molecule has 7 nitrogen and oxygen atoms in total. The van der Waals surface area contributed by atoms with Gasteiger partial charge in [0.1, 0.15) is 11.6 Å². The molecule has 2 N–H and O–H groups in total. The van der Waals surface area contributed by atoms with Crippen molar-refractivity contribution in [3.05, 3.63) is 40.9 Å². The Kier molecular flexibility index (Phi) is 5.90. The zero-order valence-electron chi connectivity index (χ0n) is 15.2. The molecule has 0 aromatic carbocycles. The smallest absolute Gasteiger partial charge is 0.251 e. The van der Waals surface area contributed by atoms with Gasteiger partial charge in [0, 0.05) is 23.2 Å². The Morgan fingerprint density at radius 1 is 1.28 bits per heavy atom. The van der Waals surface area contributed by atoms with Crippen molar-refractivity contribution in [2.45, 2.75) is 47.1 Å². The van der Waals surface area contributed by atoms with Crippen LogP contribution in [-0.2, 0) is 4.79 Å². The second-order valence-corrected chi connectivity index (χ2v) is 6.25. The number of aryl methyl sites for hydroxylation is 2. The van der Waals surface area contributed by atoms with Crippen molar-refractivity contribution in [2.75, 3.05) is 5.32 Å². The third-order valence-corrected chi connectivity index (χ3v) is 3.95. The van der Waals surface area contributed by atoms with Crippen molar-refractivity contribution in [2.24, 2.45) is 5.92 Å². The van der Waals surface area contributed by atoms with E-state index in [9.17, 15) is 9.59 Å². The first-order chi connectivity index (χ1) is 11.8. The van der Waals surface area contributed by atoms with Crippen LogP contribution in [0.4, 0.5) is 5.82 Å². The summed E-state index contributed by atoms with van der Waals surface area (Å²) in [6, 6.07) is 2.98. The highest BCUT2D eigenvalue weighted by molar-refractivity contribution is 5.97. The van der Waals surface area contributed by atoms with Gasteiger partial charge in [0.05, 0.1) is 11.7 Å². The zero-order chi connectivity index (χ0) is 18.6. The number of amides is 2. The number of rotatable bonds is 6. The fraction of sp³-hybridized carbons (Fsp3) is 0.444. The lowest BCUT2D eigenvalue weighted by Gasteiger charge is -2.17. The molecular weight excluding hydrogens is 320 g/mol. The molecule has 0 fully saturated rings. The molecular formula is C18H24N4O3. The molecule has 2 heterocycles. The predicted octanol–water partition coefficient (Wildman–Crippen LogP) is 3.16. The molecule has 0 saturated heterocycles. The standard InChI is InChI=1S/C18H24N4O3/c1-6-14(16-11(4)22-25-12(16)5)20-18(24)13-7-8-19-15(9-13)21-17(23)10(2)3/h7-10,14H,6H2,1-5H3,(H,20,24)(H,19,21,23)/t14-/m0/s1. The summed E-state index contributed by atoms with van der Waals surface area (Å²) in [5, 5.41) is 9.63. The molecule has 2 aromatic rings. The highest BCUT2D eigenvalue weighted by atomic mass is 16.5. The summed E-state index contributed by atoms with van der Waals surface area (Å²) in [5.74, 6) is 0.505. The number of aromatic nitrogens is 2. The molecule has 0 aliphatic heterocycles. The number of carbonyl (C=O) groups excluding carboxylic acids is 2. The third-order valence-electron chi connectivity index (χ3n) is 3.95. The summed E-state index contributed by atoms with van der Waals surface area (Å²) in [7, 11) is 0. The summed E-state index contributed by atoms with van der Waals surface area (Å²) in [6.45, 7) is 9.25. The summed E-state index contributed by atoms with van der Waals surface area (Å²) < 4.78 is 5.19. The zero-order valence-corrected chi connectivity index (χ0v) is 15.2. The lowest BCUT2D eigenvalue weighted by molar-refractivity contribution is -0.118. The van der Waals surface area contributed by atoms with Crippen LogP contribution in [0, 0.1) is 19.8 Å². The van der Waals surface area contributed by atoms with Crippen LogP contribution in [0.15, 0.2) is 22.9 Å². The lowest BCUT2D eigenvalue weighted by atomic mass is 10.0. The van der Waals surface area contributed by atoms with E-state index in [2.05, 4.69) is 20.8 Å². The van der Waals surface area contributed by atoms with Crippen molar-refractivity contribution in [1.82, 2.24) is 15.5 Å². The Bertz CT molecular complexity index is 748. The molecule has 2 aromatic heterocycles. The van der Waals surface area contributed by atoms with Crippen LogP contribution >= 0.6 is 0 Å². The van der Waals surface area contributed by atoms with Crippen LogP contribution < -0.4 is 10.6 Å². The largest absolute Gasteiger partial charge is 0.361 e. The number of hydrogen-bond donors (Lipinski definition) is 2. The average molecular weight is 344 g/mol. The molecule has 2 rings (SSSR count). The fourth-order valence-electron chi connectivity index (χ4n) is 2.52. The molecule has 0 bridgehead atoms. The minimum absolute atomic E-state index is 0.146. The van der Waals surface area contributed by atoms with Gasteiger partial charge in [-0.15, -0.1) is 0 Å². The number of nitrogens with one attached hydrogen (secondary N) is 2. The summed E-state index contributed by atoms with van der Waals surface area (Å²) in [4.78, 5) is 28.5. The van der Waals surface area contributed by atoms with Gasteiger partial charge in [-0.1, -0.05) is 25.9 Å². The first-order valence-electron chi connectivity index (χ1n) is 8.34. The molecule has 0 spiro atoms. The van der Waals surface area contributed by atoms with Crippen LogP contribution in [0.3, 0.4) is 0 Å². The van der Waals surface area contributed by atoms with E-state index >= 15 is 0 Å². The molecule has 1 atom stereocenters. The molecule has 0 unspecified atom stereocenters. The van der Waals surface area contributed by atoms with Crippen molar-refractivity contribution >= 4 is 17.6 Å². The highest BCUT2D eigenvalue weighted by Crippen LogP contribution is 2.24. The van der Waals surface area contributed by atoms with Gasteiger partial charge in [0.15, 0.2) is 0 Å². The van der Waals surface area contributed by atoms with E-state index in [0.29, 0.717) is 23.6 Å². The Balaban J connectivity index is 2.16. The van der Waals surface area contributed by atoms with Crippen LogP contribution in [0.5, 0.6) is 0 Å². The normalized spacial score (nSPS) is 12.1. The second-order valence-electron chi connectivity index (χ2n) is 6.25. The fourth-order valence-corrected chi connectivity index (χ4v) is 2.52. The number of pyridine rings is 1. The van der Waals surface area contributed by atoms with E-state index < -0.39 is 0 Å². The Labute approximate surface area is 147 Å². The third kappa shape index (κ3) is 4.43. The van der Waals surface area contributed by atoms with E-state index in [1.807, 2.05) is 20.8 Å². The van der Waals surface area contributed by atoms with Gasteiger partial charge in [0.2, 0.25) is 5.91 Å². The summed E-state index contributed by atoms with van der Waals surface area (Å²) in [6.07, 6.45) is 2.21. The predicted molar refractivity (Wildman–Crippen MR) is 94.2 cm³/mol. The molecule has 0 saturated carbocycles. The van der Waals surface area contributed by atoms with Gasteiger partial charge in [-0.25, -0.2) is 4.98 Å². The summed E-state index contributed by atoms with van der Waals surface area (Å²) in [5.41, 5.74) is 2.10. The SMILES string of the molecule is CC[C@H](NC(=O)c1ccnc(NC(=O)C(C)C)c1)c1c(C)noc1C. The van der Waals surface area contributed by atoms with E-state index in [4.69, 9.17) is 4.52 Å². The highest BCUT2D eigenvalue weighted by Gasteiger charge is 2.21. The van der Waals surface area contributed by atoms with E-state index in [0.717, 1.165) is 11.3 Å². The summed E-state index contributed by atoms with van der Waals surface area (Å²) >= 11 is 0. The van der Waals surface area contributed by atoms with Gasteiger partial charge in [-0.2, -0.15) is 0 Å². The monoisotopic (exact) mass is 344 g/mol. The van der Waals surface area contributed by atoms with E-state index in [-0.39, 0.29) is 23.8 Å². The van der Waals surface area contributed by atoms with Gasteiger partial charge >= 0.3 is 0 Å². The first kappa shape index (κ1) is 18.6. The van der Waals surface area contributed by atoms with Crippen LogP contribution in [0.25, 0.3) is 0 Å². The van der Waals surface area contributed by atoms with Crippen LogP contribution in [0.1, 0.15) is 60.6 Å². The van der Waals surface area contributed by atoms with Gasteiger partial charge in [-0.3, -0.25) is 9.59 Å². The van der Waals surface area contributed by atoms with Crippen molar-refractivity contribution < 1.29 is 14.1 Å². The molecule has 0 radical (unpaired) electrons. The lowest BCUT2D eigenvalue weighted by Crippen LogP contribution is -2.29. The Morgan fingerprint density at radius 3 is 2.56 bits per heavy atom. The van der Waals surface area contributed by atoms with Gasteiger partial charge in [-0.05, 0) is 32.4 Å². The Hall–Kier alpha value is -2.70. The Morgan fingerprint density at radius 2 is 2.00 bits per heavy atom.